The molecule has 10 heteroatoms. The molecule has 0 unspecified atom stereocenters. The van der Waals surface area contributed by atoms with E-state index < -0.39 is 17.6 Å². The Morgan fingerprint density at radius 2 is 2.25 bits per heavy atom. The number of esters is 1. The summed E-state index contributed by atoms with van der Waals surface area (Å²) >= 11 is 1.27. The zero-order valence-electron chi connectivity index (χ0n) is 15.0. The van der Waals surface area contributed by atoms with Gasteiger partial charge >= 0.3 is 11.7 Å². The Morgan fingerprint density at radius 3 is 2.93 bits per heavy atom. The summed E-state index contributed by atoms with van der Waals surface area (Å²) in [5, 5.41) is 8.93. The molecule has 9 nitrogen and oxygen atoms in total. The molecule has 0 radical (unpaired) electrons. The zero-order valence-corrected chi connectivity index (χ0v) is 15.8. The molecule has 1 N–H and O–H groups in total. The van der Waals surface area contributed by atoms with Crippen LogP contribution in [0.5, 0.6) is 0 Å². The van der Waals surface area contributed by atoms with E-state index in [9.17, 15) is 14.4 Å². The van der Waals surface area contributed by atoms with Crippen molar-refractivity contribution in [2.45, 2.75) is 32.2 Å². The van der Waals surface area contributed by atoms with Crippen molar-refractivity contribution in [1.29, 1.82) is 0 Å². The van der Waals surface area contributed by atoms with Crippen LogP contribution >= 0.6 is 11.3 Å². The highest BCUT2D eigenvalue weighted by Crippen LogP contribution is 2.46. The fourth-order valence-electron chi connectivity index (χ4n) is 2.78. The summed E-state index contributed by atoms with van der Waals surface area (Å²) in [5.74, 6) is -1.14. The summed E-state index contributed by atoms with van der Waals surface area (Å²) in [6.45, 7) is 1.62. The summed E-state index contributed by atoms with van der Waals surface area (Å²) < 4.78 is 16.2. The van der Waals surface area contributed by atoms with Crippen molar-refractivity contribution in [3.05, 3.63) is 45.5 Å². The molecule has 3 aromatic rings. The van der Waals surface area contributed by atoms with E-state index in [1.807, 2.05) is 5.38 Å². The fraction of sp³-hybridized carbons (Fsp3) is 0.333. The number of aromatic nitrogens is 2. The topological polar surface area (TPSA) is 117 Å². The Kier molecular flexibility index (Phi) is 4.86. The second-order valence-electron chi connectivity index (χ2n) is 6.25. The highest BCUT2D eigenvalue weighted by Gasteiger charge is 2.32. The van der Waals surface area contributed by atoms with Crippen molar-refractivity contribution in [2.24, 2.45) is 0 Å². The van der Waals surface area contributed by atoms with E-state index in [0.29, 0.717) is 16.5 Å². The van der Waals surface area contributed by atoms with Crippen LogP contribution in [0.25, 0.3) is 11.7 Å². The standard InChI is InChI=1S/C18H17N3O6S/c1-2-25-17(23)14-11(10-5-6-10)9-28-16(14)19-13(22)8-21-18(24)27-15(20-21)12-4-3-7-26-12/h3-4,7,9-10H,2,5-6,8H2,1H3,(H,19,22). The number of hydrogen-bond donors (Lipinski definition) is 1. The monoisotopic (exact) mass is 403 g/mol. The summed E-state index contributed by atoms with van der Waals surface area (Å²) in [4.78, 5) is 36.7. The lowest BCUT2D eigenvalue weighted by Gasteiger charge is -2.08. The van der Waals surface area contributed by atoms with Crippen molar-refractivity contribution in [1.82, 2.24) is 9.78 Å². The molecule has 1 amide bonds. The molecule has 1 aliphatic rings. The first-order chi connectivity index (χ1) is 13.6. The number of amides is 1. The van der Waals surface area contributed by atoms with Gasteiger partial charge in [0.05, 0.1) is 18.4 Å². The molecule has 4 rings (SSSR count). The van der Waals surface area contributed by atoms with Crippen LogP contribution in [-0.4, -0.2) is 28.3 Å². The number of hydrogen-bond acceptors (Lipinski definition) is 8. The third-order valence-electron chi connectivity index (χ3n) is 4.20. The van der Waals surface area contributed by atoms with Gasteiger partial charge < -0.3 is 18.9 Å². The molecule has 0 spiro atoms. The van der Waals surface area contributed by atoms with E-state index in [1.54, 1.807) is 19.1 Å². The van der Waals surface area contributed by atoms with Crippen molar-refractivity contribution >= 4 is 28.2 Å². The van der Waals surface area contributed by atoms with Gasteiger partial charge in [0.2, 0.25) is 5.91 Å². The van der Waals surface area contributed by atoms with Gasteiger partial charge in [-0.1, -0.05) is 0 Å². The highest BCUT2D eigenvalue weighted by atomic mass is 32.1. The van der Waals surface area contributed by atoms with Gasteiger partial charge in [-0.3, -0.25) is 4.79 Å². The smallest absolute Gasteiger partial charge is 0.437 e. The molecule has 146 valence electrons. The molecule has 1 fully saturated rings. The van der Waals surface area contributed by atoms with Crippen LogP contribution in [0.15, 0.2) is 37.4 Å². The van der Waals surface area contributed by atoms with Crippen molar-refractivity contribution in [2.75, 3.05) is 11.9 Å². The Balaban J connectivity index is 1.52. The van der Waals surface area contributed by atoms with Gasteiger partial charge in [-0.05, 0) is 48.8 Å². The van der Waals surface area contributed by atoms with Gasteiger partial charge in [0, 0.05) is 0 Å². The number of nitrogens with zero attached hydrogens (tertiary/aromatic N) is 2. The molecule has 0 atom stereocenters. The average molecular weight is 403 g/mol. The van der Waals surface area contributed by atoms with Crippen molar-refractivity contribution in [3.63, 3.8) is 0 Å². The Bertz CT molecular complexity index is 1060. The SMILES string of the molecule is CCOC(=O)c1c(C2CC2)csc1NC(=O)Cn1nc(-c2ccco2)oc1=O. The minimum Gasteiger partial charge on any atom is -0.462 e. The molecule has 1 saturated carbocycles. The predicted octanol–water partition coefficient (Wildman–Crippen LogP) is 2.85. The summed E-state index contributed by atoms with van der Waals surface area (Å²) in [6.07, 6.45) is 3.45. The minimum atomic E-state index is -0.781. The largest absolute Gasteiger partial charge is 0.462 e. The maximum atomic E-state index is 12.4. The van der Waals surface area contributed by atoms with Gasteiger partial charge in [0.15, 0.2) is 5.76 Å². The molecule has 0 aliphatic heterocycles. The average Bonchev–Trinajstić information content (AvgIpc) is 3.05. The van der Waals surface area contributed by atoms with Gasteiger partial charge in [-0.2, -0.15) is 4.68 Å². The van der Waals surface area contributed by atoms with E-state index >= 15 is 0 Å². The third kappa shape index (κ3) is 3.63. The molecule has 0 bridgehead atoms. The van der Waals surface area contributed by atoms with Gasteiger partial charge in [-0.25, -0.2) is 9.59 Å². The summed E-state index contributed by atoms with van der Waals surface area (Å²) in [7, 11) is 0. The number of nitrogens with one attached hydrogen (secondary N) is 1. The van der Waals surface area contributed by atoms with Gasteiger partial charge in [-0.15, -0.1) is 16.4 Å². The normalized spacial score (nSPS) is 13.5. The molecule has 1 aliphatic carbocycles. The predicted molar refractivity (Wildman–Crippen MR) is 99.3 cm³/mol. The molecule has 3 aromatic heterocycles. The maximum absolute atomic E-state index is 12.4. The molecular formula is C18H17N3O6S. The van der Waals surface area contributed by atoms with Gasteiger partial charge in [0.25, 0.3) is 5.89 Å². The first kappa shape index (κ1) is 18.2. The van der Waals surface area contributed by atoms with Crippen LogP contribution < -0.4 is 11.1 Å². The fourth-order valence-corrected chi connectivity index (χ4v) is 3.83. The number of rotatable bonds is 7. The Hall–Kier alpha value is -3.14. The van der Waals surface area contributed by atoms with Crippen LogP contribution in [-0.2, 0) is 16.1 Å². The summed E-state index contributed by atoms with van der Waals surface area (Å²) in [5.41, 5.74) is 1.30. The van der Waals surface area contributed by atoms with Crippen LogP contribution in [0.1, 0.15) is 41.6 Å². The van der Waals surface area contributed by atoms with Gasteiger partial charge in [0.1, 0.15) is 11.5 Å². The minimum absolute atomic E-state index is 0.0119. The number of carbonyl (C=O) groups is 2. The number of furan rings is 1. The molecule has 28 heavy (non-hydrogen) atoms. The van der Waals surface area contributed by atoms with Crippen LogP contribution in [0.4, 0.5) is 5.00 Å². The quantitative estimate of drug-likeness (QED) is 0.603. The number of thiophene rings is 1. The summed E-state index contributed by atoms with van der Waals surface area (Å²) in [6, 6.07) is 3.22. The van der Waals surface area contributed by atoms with E-state index in [4.69, 9.17) is 13.6 Å². The molecule has 3 heterocycles. The zero-order chi connectivity index (χ0) is 19.7. The Labute approximate surface area is 162 Å². The van der Waals surface area contributed by atoms with Crippen LogP contribution in [0.2, 0.25) is 0 Å². The molecule has 0 aromatic carbocycles. The lowest BCUT2D eigenvalue weighted by Crippen LogP contribution is -2.26. The van der Waals surface area contributed by atoms with E-state index in [-0.39, 0.29) is 24.8 Å². The number of ether oxygens (including phenoxy) is 1. The molecule has 0 saturated heterocycles. The first-order valence-corrected chi connectivity index (χ1v) is 9.65. The van der Waals surface area contributed by atoms with E-state index in [1.165, 1.54) is 17.6 Å². The van der Waals surface area contributed by atoms with E-state index in [2.05, 4.69) is 10.4 Å². The lowest BCUT2D eigenvalue weighted by atomic mass is 10.1. The van der Waals surface area contributed by atoms with Crippen LogP contribution in [0.3, 0.4) is 0 Å². The number of anilines is 1. The number of carbonyl (C=O) groups excluding carboxylic acids is 2. The van der Waals surface area contributed by atoms with Crippen LogP contribution in [0, 0.1) is 0 Å². The second kappa shape index (κ2) is 7.47. The van der Waals surface area contributed by atoms with Crippen molar-refractivity contribution < 1.29 is 23.2 Å². The second-order valence-corrected chi connectivity index (χ2v) is 7.13. The Morgan fingerprint density at radius 1 is 1.43 bits per heavy atom. The lowest BCUT2D eigenvalue weighted by molar-refractivity contribution is -0.117. The highest BCUT2D eigenvalue weighted by molar-refractivity contribution is 7.15. The van der Waals surface area contributed by atoms with E-state index in [0.717, 1.165) is 23.1 Å². The maximum Gasteiger partial charge on any atom is 0.437 e. The van der Waals surface area contributed by atoms with Crippen molar-refractivity contribution in [3.8, 4) is 11.7 Å². The first-order valence-electron chi connectivity index (χ1n) is 8.77. The third-order valence-corrected chi connectivity index (χ3v) is 5.11. The molecular weight excluding hydrogens is 386 g/mol.